The van der Waals surface area contributed by atoms with E-state index in [4.69, 9.17) is 0 Å². The minimum Gasteiger partial charge on any atom is -0.299 e. The number of Topliss-reactive ketones (excluding diaryl/α,β-unsaturated/α-hetero) is 1. The van der Waals surface area contributed by atoms with E-state index in [0.717, 1.165) is 31.1 Å². The van der Waals surface area contributed by atoms with E-state index >= 15 is 0 Å². The summed E-state index contributed by atoms with van der Waals surface area (Å²) in [7, 11) is 0. The van der Waals surface area contributed by atoms with Gasteiger partial charge in [-0.25, -0.2) is 0 Å². The second kappa shape index (κ2) is 4.21. The zero-order valence-corrected chi connectivity index (χ0v) is 13.1. The maximum atomic E-state index is 12.3. The Bertz CT molecular complexity index is 476. The van der Waals surface area contributed by atoms with Crippen LogP contribution in [0.1, 0.15) is 71.6 Å². The number of fused-ring (bicyclic) bond motifs is 5. The van der Waals surface area contributed by atoms with Crippen LogP contribution in [0.4, 0.5) is 0 Å². The molecule has 4 rings (SSSR count). The van der Waals surface area contributed by atoms with E-state index < -0.39 is 0 Å². The van der Waals surface area contributed by atoms with Crippen molar-refractivity contribution >= 4 is 5.78 Å². The first kappa shape index (κ1) is 13.1. The van der Waals surface area contributed by atoms with Crippen LogP contribution in [0, 0.1) is 28.6 Å². The van der Waals surface area contributed by atoms with Gasteiger partial charge in [0.25, 0.3) is 0 Å². The molecular formula is C19H28O. The zero-order valence-electron chi connectivity index (χ0n) is 13.1. The fraction of sp³-hybridized carbons (Fsp3) is 0.842. The van der Waals surface area contributed by atoms with Gasteiger partial charge in [0.05, 0.1) is 0 Å². The molecule has 0 saturated heterocycles. The van der Waals surface area contributed by atoms with Crippen LogP contribution in [0.5, 0.6) is 0 Å². The maximum absolute atomic E-state index is 12.3. The first-order chi connectivity index (χ1) is 9.56. The van der Waals surface area contributed by atoms with Crippen LogP contribution in [-0.4, -0.2) is 5.78 Å². The van der Waals surface area contributed by atoms with Crippen LogP contribution in [0.3, 0.4) is 0 Å². The Morgan fingerprint density at radius 3 is 2.75 bits per heavy atom. The number of hydrogen-bond acceptors (Lipinski definition) is 1. The van der Waals surface area contributed by atoms with E-state index in [1.807, 2.05) is 0 Å². The summed E-state index contributed by atoms with van der Waals surface area (Å²) in [5, 5.41) is 0. The summed E-state index contributed by atoms with van der Waals surface area (Å²) in [6, 6.07) is 0. The minimum absolute atomic E-state index is 0.00791. The first-order valence-corrected chi connectivity index (χ1v) is 8.79. The standard InChI is InChI=1S/C19H28O/c1-18-11-4-3-5-13(18)6-7-14-15-8-9-17(20)19(15,2)12-10-16(14)18/h10,13-15H,3-9,11-12H2,1-2H3/t13?,14-,15?,18?,19-/m0/s1. The normalized spacial score (nSPS) is 51.0. The molecule has 3 saturated carbocycles. The van der Waals surface area contributed by atoms with E-state index in [2.05, 4.69) is 19.9 Å². The first-order valence-electron chi connectivity index (χ1n) is 8.79. The maximum Gasteiger partial charge on any atom is 0.139 e. The summed E-state index contributed by atoms with van der Waals surface area (Å²) in [5.74, 6) is 2.88. The Labute approximate surface area is 123 Å². The summed E-state index contributed by atoms with van der Waals surface area (Å²) < 4.78 is 0. The number of carbonyl (C=O) groups excluding carboxylic acids is 1. The Balaban J connectivity index is 1.74. The molecule has 0 amide bonds. The molecule has 0 N–H and O–H groups in total. The third kappa shape index (κ3) is 1.53. The van der Waals surface area contributed by atoms with Crippen molar-refractivity contribution in [2.75, 3.05) is 0 Å². The number of rotatable bonds is 0. The highest BCUT2D eigenvalue weighted by molar-refractivity contribution is 5.87. The molecule has 0 aromatic heterocycles. The third-order valence-corrected chi connectivity index (χ3v) is 7.65. The van der Waals surface area contributed by atoms with E-state index in [1.165, 1.54) is 38.5 Å². The number of hydrogen-bond donors (Lipinski definition) is 0. The Morgan fingerprint density at radius 1 is 1.05 bits per heavy atom. The van der Waals surface area contributed by atoms with Gasteiger partial charge >= 0.3 is 0 Å². The molecule has 0 heterocycles. The summed E-state index contributed by atoms with van der Waals surface area (Å²) in [4.78, 5) is 12.3. The molecule has 0 radical (unpaired) electrons. The van der Waals surface area contributed by atoms with Crippen molar-refractivity contribution in [3.63, 3.8) is 0 Å². The highest BCUT2D eigenvalue weighted by atomic mass is 16.1. The average Bonchev–Trinajstić information content (AvgIpc) is 2.74. The molecule has 0 aliphatic heterocycles. The largest absolute Gasteiger partial charge is 0.299 e. The van der Waals surface area contributed by atoms with Gasteiger partial charge < -0.3 is 0 Å². The Hall–Kier alpha value is -0.590. The minimum atomic E-state index is -0.00791. The van der Waals surface area contributed by atoms with Gasteiger partial charge in [0.2, 0.25) is 0 Å². The lowest BCUT2D eigenvalue weighted by Gasteiger charge is -2.55. The summed E-state index contributed by atoms with van der Waals surface area (Å²) in [6.45, 7) is 4.81. The summed E-state index contributed by atoms with van der Waals surface area (Å²) >= 11 is 0. The topological polar surface area (TPSA) is 17.1 Å². The number of ketones is 1. The summed E-state index contributed by atoms with van der Waals surface area (Å²) in [5.41, 5.74) is 2.26. The molecule has 1 nitrogen and oxygen atoms in total. The molecule has 0 bridgehead atoms. The van der Waals surface area contributed by atoms with Crippen LogP contribution in [0.2, 0.25) is 0 Å². The van der Waals surface area contributed by atoms with Gasteiger partial charge in [0.1, 0.15) is 5.78 Å². The van der Waals surface area contributed by atoms with Crippen molar-refractivity contribution in [2.24, 2.45) is 28.6 Å². The molecular weight excluding hydrogens is 244 g/mol. The van der Waals surface area contributed by atoms with Crippen molar-refractivity contribution in [3.8, 4) is 0 Å². The predicted octanol–water partition coefficient (Wildman–Crippen LogP) is 4.91. The van der Waals surface area contributed by atoms with Gasteiger partial charge in [-0.05, 0) is 61.7 Å². The van der Waals surface area contributed by atoms with Crippen LogP contribution in [0.15, 0.2) is 11.6 Å². The molecule has 0 aromatic rings. The van der Waals surface area contributed by atoms with Gasteiger partial charge in [-0.1, -0.05) is 38.3 Å². The number of allylic oxidation sites excluding steroid dienone is 2. The molecule has 1 heteroatoms. The smallest absolute Gasteiger partial charge is 0.139 e. The van der Waals surface area contributed by atoms with Gasteiger partial charge in [-0.15, -0.1) is 0 Å². The highest BCUT2D eigenvalue weighted by Gasteiger charge is 2.56. The van der Waals surface area contributed by atoms with Gasteiger partial charge in [0, 0.05) is 11.8 Å². The molecule has 0 aromatic carbocycles. The summed E-state index contributed by atoms with van der Waals surface area (Å²) in [6.07, 6.45) is 14.1. The fourth-order valence-electron chi connectivity index (χ4n) is 6.34. The predicted molar refractivity (Wildman–Crippen MR) is 81.3 cm³/mol. The molecule has 20 heavy (non-hydrogen) atoms. The van der Waals surface area contributed by atoms with Crippen molar-refractivity contribution in [1.29, 1.82) is 0 Å². The molecule has 5 atom stereocenters. The number of carbonyl (C=O) groups is 1. The van der Waals surface area contributed by atoms with Gasteiger partial charge in [0.15, 0.2) is 0 Å². The Kier molecular flexibility index (Phi) is 2.76. The van der Waals surface area contributed by atoms with Crippen LogP contribution in [-0.2, 0) is 4.79 Å². The zero-order chi connectivity index (χ0) is 14.0. The second-order valence-electron chi connectivity index (χ2n) is 8.39. The molecule has 3 fully saturated rings. The highest BCUT2D eigenvalue weighted by Crippen LogP contribution is 2.63. The molecule has 3 unspecified atom stereocenters. The van der Waals surface area contributed by atoms with Crippen molar-refractivity contribution in [1.82, 2.24) is 0 Å². The quantitative estimate of drug-likeness (QED) is 0.573. The lowest BCUT2D eigenvalue weighted by molar-refractivity contribution is -0.127. The van der Waals surface area contributed by atoms with Gasteiger partial charge in [-0.2, -0.15) is 0 Å². The molecule has 4 aliphatic carbocycles. The molecule has 0 spiro atoms. The monoisotopic (exact) mass is 272 g/mol. The van der Waals surface area contributed by atoms with Crippen LogP contribution < -0.4 is 0 Å². The van der Waals surface area contributed by atoms with E-state index in [0.29, 0.717) is 17.1 Å². The second-order valence-corrected chi connectivity index (χ2v) is 8.39. The van der Waals surface area contributed by atoms with Crippen molar-refractivity contribution in [2.45, 2.75) is 71.6 Å². The Morgan fingerprint density at radius 2 is 1.90 bits per heavy atom. The van der Waals surface area contributed by atoms with Crippen molar-refractivity contribution < 1.29 is 4.79 Å². The molecule has 4 aliphatic rings. The lowest BCUT2D eigenvalue weighted by Crippen LogP contribution is -2.46. The lowest BCUT2D eigenvalue weighted by atomic mass is 9.49. The van der Waals surface area contributed by atoms with Crippen LogP contribution in [0.25, 0.3) is 0 Å². The van der Waals surface area contributed by atoms with Crippen molar-refractivity contribution in [3.05, 3.63) is 11.6 Å². The van der Waals surface area contributed by atoms with E-state index in [-0.39, 0.29) is 5.41 Å². The molecule has 110 valence electrons. The van der Waals surface area contributed by atoms with E-state index in [1.54, 1.807) is 5.57 Å². The van der Waals surface area contributed by atoms with Crippen LogP contribution >= 0.6 is 0 Å². The van der Waals surface area contributed by atoms with Gasteiger partial charge in [-0.3, -0.25) is 4.79 Å². The third-order valence-electron chi connectivity index (χ3n) is 7.65. The van der Waals surface area contributed by atoms with E-state index in [9.17, 15) is 4.79 Å². The average molecular weight is 272 g/mol. The fourth-order valence-corrected chi connectivity index (χ4v) is 6.34. The SMILES string of the molecule is CC12CCCCC1CC[C@@H]1C2=CC[C@]2(C)C(=O)CCC12.